The molecule has 3 rings (SSSR count). The highest BCUT2D eigenvalue weighted by Crippen LogP contribution is 2.43. The molecule has 0 atom stereocenters. The van der Waals surface area contributed by atoms with Gasteiger partial charge >= 0.3 is 0 Å². The topological polar surface area (TPSA) is 61.7 Å². The summed E-state index contributed by atoms with van der Waals surface area (Å²) in [6.07, 6.45) is 6.30. The van der Waals surface area contributed by atoms with Gasteiger partial charge in [-0.3, -0.25) is 4.68 Å². The SMILES string of the molecule is CC(C)n1cc(-c2nc(C(C)(C)C)n(C3CC3)c2N)cn1. The van der Waals surface area contributed by atoms with Crippen LogP contribution in [0.1, 0.15) is 65.4 Å². The third-order valence-corrected chi connectivity index (χ3v) is 3.93. The summed E-state index contributed by atoms with van der Waals surface area (Å²) in [5, 5.41) is 4.41. The lowest BCUT2D eigenvalue weighted by Gasteiger charge is -2.20. The summed E-state index contributed by atoms with van der Waals surface area (Å²) in [5.74, 6) is 1.86. The Hall–Kier alpha value is -1.78. The Morgan fingerprint density at radius 1 is 1.29 bits per heavy atom. The highest BCUT2D eigenvalue weighted by molar-refractivity contribution is 5.70. The molecular formula is C16H25N5. The van der Waals surface area contributed by atoms with Gasteiger partial charge in [0, 0.05) is 29.3 Å². The number of rotatable bonds is 3. The van der Waals surface area contributed by atoms with Crippen molar-refractivity contribution in [2.75, 3.05) is 5.73 Å². The molecule has 5 heteroatoms. The highest BCUT2D eigenvalue weighted by Gasteiger charge is 2.34. The van der Waals surface area contributed by atoms with Crippen LogP contribution in [0.15, 0.2) is 12.4 Å². The summed E-state index contributed by atoms with van der Waals surface area (Å²) >= 11 is 0. The van der Waals surface area contributed by atoms with Crippen LogP contribution in [0.25, 0.3) is 11.3 Å². The number of imidazole rings is 1. The molecule has 2 aromatic heterocycles. The number of nitrogens with zero attached hydrogens (tertiary/aromatic N) is 4. The van der Waals surface area contributed by atoms with E-state index in [4.69, 9.17) is 10.7 Å². The molecule has 2 aromatic rings. The highest BCUT2D eigenvalue weighted by atomic mass is 15.3. The number of aromatic nitrogens is 4. The van der Waals surface area contributed by atoms with Gasteiger partial charge in [-0.25, -0.2) is 4.98 Å². The van der Waals surface area contributed by atoms with Gasteiger partial charge < -0.3 is 10.3 Å². The van der Waals surface area contributed by atoms with E-state index < -0.39 is 0 Å². The second-order valence-corrected chi connectivity index (χ2v) is 7.32. The quantitative estimate of drug-likeness (QED) is 0.939. The summed E-state index contributed by atoms with van der Waals surface area (Å²) < 4.78 is 4.18. The minimum absolute atomic E-state index is 0.0109. The molecule has 0 unspecified atom stereocenters. The molecule has 21 heavy (non-hydrogen) atoms. The third kappa shape index (κ3) is 2.45. The van der Waals surface area contributed by atoms with Crippen molar-refractivity contribution in [3.63, 3.8) is 0 Å². The number of anilines is 1. The molecule has 2 N–H and O–H groups in total. The first-order valence-corrected chi connectivity index (χ1v) is 7.71. The van der Waals surface area contributed by atoms with E-state index in [0.29, 0.717) is 12.1 Å². The van der Waals surface area contributed by atoms with Crippen LogP contribution in [0.4, 0.5) is 5.82 Å². The summed E-state index contributed by atoms with van der Waals surface area (Å²) in [7, 11) is 0. The fraction of sp³-hybridized carbons (Fsp3) is 0.625. The Kier molecular flexibility index (Phi) is 3.11. The van der Waals surface area contributed by atoms with Crippen molar-refractivity contribution < 1.29 is 0 Å². The van der Waals surface area contributed by atoms with Crippen LogP contribution >= 0.6 is 0 Å². The van der Waals surface area contributed by atoms with Crippen LogP contribution in [-0.2, 0) is 5.41 Å². The van der Waals surface area contributed by atoms with E-state index in [9.17, 15) is 0 Å². The number of hydrogen-bond acceptors (Lipinski definition) is 3. The van der Waals surface area contributed by atoms with E-state index in [1.54, 1.807) is 0 Å². The molecule has 0 saturated heterocycles. The Bertz CT molecular complexity index is 653. The fourth-order valence-corrected chi connectivity index (χ4v) is 2.63. The molecule has 5 nitrogen and oxygen atoms in total. The second-order valence-electron chi connectivity index (χ2n) is 7.32. The van der Waals surface area contributed by atoms with Crippen LogP contribution in [0.3, 0.4) is 0 Å². The maximum Gasteiger partial charge on any atom is 0.132 e. The molecule has 0 spiro atoms. The smallest absolute Gasteiger partial charge is 0.132 e. The molecule has 2 heterocycles. The van der Waals surface area contributed by atoms with E-state index >= 15 is 0 Å². The van der Waals surface area contributed by atoms with Gasteiger partial charge in [0.25, 0.3) is 0 Å². The third-order valence-electron chi connectivity index (χ3n) is 3.93. The zero-order chi connectivity index (χ0) is 15.4. The maximum atomic E-state index is 6.42. The Morgan fingerprint density at radius 2 is 1.95 bits per heavy atom. The molecule has 0 bridgehead atoms. The van der Waals surface area contributed by atoms with Crippen molar-refractivity contribution in [3.8, 4) is 11.3 Å². The molecular weight excluding hydrogens is 262 g/mol. The van der Waals surface area contributed by atoms with Crippen LogP contribution in [0, 0.1) is 0 Å². The van der Waals surface area contributed by atoms with Crippen molar-refractivity contribution in [1.29, 1.82) is 0 Å². The Balaban J connectivity index is 2.10. The Labute approximate surface area is 126 Å². The van der Waals surface area contributed by atoms with Crippen molar-refractivity contribution >= 4 is 5.82 Å². The monoisotopic (exact) mass is 287 g/mol. The van der Waals surface area contributed by atoms with E-state index in [0.717, 1.165) is 22.9 Å². The molecule has 1 aliphatic rings. The molecule has 1 fully saturated rings. The van der Waals surface area contributed by atoms with Crippen LogP contribution < -0.4 is 5.73 Å². The van der Waals surface area contributed by atoms with Crippen molar-refractivity contribution in [2.45, 2.75) is 65.0 Å². The lowest BCUT2D eigenvalue weighted by molar-refractivity contribution is 0.504. The van der Waals surface area contributed by atoms with Crippen molar-refractivity contribution in [2.24, 2.45) is 0 Å². The van der Waals surface area contributed by atoms with Gasteiger partial charge in [0.2, 0.25) is 0 Å². The first-order valence-electron chi connectivity index (χ1n) is 7.71. The Morgan fingerprint density at radius 3 is 2.43 bits per heavy atom. The van der Waals surface area contributed by atoms with E-state index in [2.05, 4.69) is 44.3 Å². The zero-order valence-corrected chi connectivity index (χ0v) is 13.6. The van der Waals surface area contributed by atoms with E-state index in [1.165, 1.54) is 12.8 Å². The van der Waals surface area contributed by atoms with E-state index in [1.807, 2.05) is 17.1 Å². The number of hydrogen-bond donors (Lipinski definition) is 1. The van der Waals surface area contributed by atoms with Gasteiger partial charge in [-0.15, -0.1) is 0 Å². The average Bonchev–Trinajstić information content (AvgIpc) is 2.97. The minimum atomic E-state index is -0.0109. The summed E-state index contributed by atoms with van der Waals surface area (Å²) in [5.41, 5.74) is 8.29. The van der Waals surface area contributed by atoms with Crippen LogP contribution in [0.2, 0.25) is 0 Å². The van der Waals surface area contributed by atoms with Gasteiger partial charge in [0.05, 0.1) is 6.20 Å². The predicted octanol–water partition coefficient (Wildman–Crippen LogP) is 3.54. The minimum Gasteiger partial charge on any atom is -0.383 e. The average molecular weight is 287 g/mol. The first kappa shape index (κ1) is 14.2. The fourth-order valence-electron chi connectivity index (χ4n) is 2.63. The van der Waals surface area contributed by atoms with Gasteiger partial charge in [0.1, 0.15) is 17.3 Å². The largest absolute Gasteiger partial charge is 0.383 e. The molecule has 114 valence electrons. The number of nitrogen functional groups attached to an aromatic ring is 1. The van der Waals surface area contributed by atoms with E-state index in [-0.39, 0.29) is 5.41 Å². The van der Waals surface area contributed by atoms with Crippen LogP contribution in [0.5, 0.6) is 0 Å². The van der Waals surface area contributed by atoms with Gasteiger partial charge in [-0.1, -0.05) is 20.8 Å². The second kappa shape index (κ2) is 4.61. The zero-order valence-electron chi connectivity index (χ0n) is 13.6. The maximum absolute atomic E-state index is 6.42. The lowest BCUT2D eigenvalue weighted by atomic mass is 9.95. The first-order chi connectivity index (χ1) is 9.79. The molecule has 1 aliphatic carbocycles. The molecule has 0 aromatic carbocycles. The predicted molar refractivity (Wildman–Crippen MR) is 85.2 cm³/mol. The van der Waals surface area contributed by atoms with Gasteiger partial charge in [-0.2, -0.15) is 5.10 Å². The molecule has 0 radical (unpaired) electrons. The molecule has 1 saturated carbocycles. The molecule has 0 aliphatic heterocycles. The summed E-state index contributed by atoms with van der Waals surface area (Å²) in [4.78, 5) is 4.87. The van der Waals surface area contributed by atoms with Gasteiger partial charge in [0.15, 0.2) is 0 Å². The summed E-state index contributed by atoms with van der Waals surface area (Å²) in [6.45, 7) is 10.8. The summed E-state index contributed by atoms with van der Waals surface area (Å²) in [6, 6.07) is 0.869. The standard InChI is InChI=1S/C16H25N5/c1-10(2)20-9-11(8-18-20)13-14(17)21(12-6-7-12)15(19-13)16(3,4)5/h8-10,12H,6-7,17H2,1-5H3. The van der Waals surface area contributed by atoms with Crippen LogP contribution in [-0.4, -0.2) is 19.3 Å². The normalized spacial score (nSPS) is 15.9. The van der Waals surface area contributed by atoms with Gasteiger partial charge in [-0.05, 0) is 26.7 Å². The van der Waals surface area contributed by atoms with Crippen molar-refractivity contribution in [3.05, 3.63) is 18.2 Å². The lowest BCUT2D eigenvalue weighted by Crippen LogP contribution is -2.19. The molecule has 0 amide bonds. The van der Waals surface area contributed by atoms with Crippen molar-refractivity contribution in [1.82, 2.24) is 19.3 Å². The number of nitrogens with two attached hydrogens (primary N) is 1.